The molecular weight excluding hydrogens is 356 g/mol. The predicted octanol–water partition coefficient (Wildman–Crippen LogP) is 4.88. The van der Waals surface area contributed by atoms with E-state index >= 15 is 0 Å². The summed E-state index contributed by atoms with van der Waals surface area (Å²) in [6, 6.07) is 12.3. The van der Waals surface area contributed by atoms with Crippen LogP contribution in [0.1, 0.15) is 28.8 Å². The van der Waals surface area contributed by atoms with Gasteiger partial charge in [0.2, 0.25) is 11.6 Å². The van der Waals surface area contributed by atoms with Crippen LogP contribution in [0.2, 0.25) is 0 Å². The van der Waals surface area contributed by atoms with Gasteiger partial charge in [-0.3, -0.25) is 0 Å². The fraction of sp³-hybridized carbons (Fsp3) is 0.286. The lowest BCUT2D eigenvalue weighted by atomic mass is 9.97. The van der Waals surface area contributed by atoms with Crippen LogP contribution < -0.4 is 5.32 Å². The zero-order valence-corrected chi connectivity index (χ0v) is 15.8. The highest BCUT2D eigenvalue weighted by atomic mass is 32.1. The maximum atomic E-state index is 5.30. The third-order valence-corrected chi connectivity index (χ3v) is 6.21. The van der Waals surface area contributed by atoms with Gasteiger partial charge in [-0.05, 0) is 43.2 Å². The van der Waals surface area contributed by atoms with E-state index in [2.05, 4.69) is 34.7 Å². The largest absolute Gasteiger partial charge is 0.369 e. The van der Waals surface area contributed by atoms with E-state index in [4.69, 9.17) is 14.5 Å². The Balaban J connectivity index is 1.52. The van der Waals surface area contributed by atoms with Crippen molar-refractivity contribution >= 4 is 27.4 Å². The number of hydrogen-bond acceptors (Lipinski definition) is 6. The molecule has 27 heavy (non-hydrogen) atoms. The molecule has 1 aromatic carbocycles. The van der Waals surface area contributed by atoms with Crippen LogP contribution in [0.3, 0.4) is 0 Å². The number of thiophene rings is 1. The second-order valence-corrected chi connectivity index (χ2v) is 7.91. The number of nitrogens with zero attached hydrogens (tertiary/aromatic N) is 3. The Kier molecular flexibility index (Phi) is 4.33. The van der Waals surface area contributed by atoms with Gasteiger partial charge in [0.05, 0.1) is 11.6 Å². The average molecular weight is 376 g/mol. The second kappa shape index (κ2) is 7.12. The Bertz CT molecular complexity index is 1060. The van der Waals surface area contributed by atoms with Crippen molar-refractivity contribution < 1.29 is 4.52 Å². The van der Waals surface area contributed by atoms with Gasteiger partial charge in [0.1, 0.15) is 10.6 Å². The van der Waals surface area contributed by atoms with Crippen molar-refractivity contribution in [2.45, 2.75) is 32.1 Å². The number of anilines is 1. The predicted molar refractivity (Wildman–Crippen MR) is 108 cm³/mol. The van der Waals surface area contributed by atoms with Crippen LogP contribution in [-0.4, -0.2) is 21.7 Å². The van der Waals surface area contributed by atoms with Gasteiger partial charge >= 0.3 is 0 Å². The number of benzene rings is 1. The molecule has 0 unspecified atom stereocenters. The molecule has 1 N–H and O–H groups in total. The van der Waals surface area contributed by atoms with Crippen LogP contribution in [0.5, 0.6) is 0 Å². The van der Waals surface area contributed by atoms with Crippen molar-refractivity contribution in [3.8, 4) is 11.6 Å². The lowest BCUT2D eigenvalue weighted by Crippen LogP contribution is -2.08. The molecule has 0 atom stereocenters. The molecule has 5 rings (SSSR count). The third kappa shape index (κ3) is 3.21. The number of nitrogens with one attached hydrogen (secondary N) is 1. The Morgan fingerprint density at radius 1 is 1.04 bits per heavy atom. The fourth-order valence-electron chi connectivity index (χ4n) is 3.70. The first kappa shape index (κ1) is 16.4. The highest BCUT2D eigenvalue weighted by Crippen LogP contribution is 2.39. The quantitative estimate of drug-likeness (QED) is 0.538. The molecule has 1 aliphatic rings. The molecule has 3 aromatic heterocycles. The zero-order valence-electron chi connectivity index (χ0n) is 14.9. The van der Waals surface area contributed by atoms with Crippen LogP contribution in [0.15, 0.2) is 47.1 Å². The fourth-order valence-corrected chi connectivity index (χ4v) is 4.96. The van der Waals surface area contributed by atoms with Crippen molar-refractivity contribution in [3.05, 3.63) is 58.6 Å². The molecule has 5 nitrogen and oxygen atoms in total. The lowest BCUT2D eigenvalue weighted by molar-refractivity contribution is 0.430. The zero-order chi connectivity index (χ0) is 18.1. The summed E-state index contributed by atoms with van der Waals surface area (Å²) in [6.07, 6.45) is 7.36. The van der Waals surface area contributed by atoms with Crippen molar-refractivity contribution in [2.75, 3.05) is 11.9 Å². The monoisotopic (exact) mass is 376 g/mol. The molecule has 0 radical (unpaired) electrons. The smallest absolute Gasteiger partial charge is 0.204 e. The topological polar surface area (TPSA) is 63.8 Å². The van der Waals surface area contributed by atoms with Crippen molar-refractivity contribution in [3.63, 3.8) is 0 Å². The first-order valence-electron chi connectivity index (χ1n) is 9.39. The van der Waals surface area contributed by atoms with E-state index < -0.39 is 0 Å². The molecule has 0 aliphatic heterocycles. The molecule has 1 aliphatic carbocycles. The lowest BCUT2D eigenvalue weighted by Gasteiger charge is -2.13. The van der Waals surface area contributed by atoms with Crippen molar-refractivity contribution in [2.24, 2.45) is 0 Å². The molecule has 4 aromatic rings. The summed E-state index contributed by atoms with van der Waals surface area (Å²) >= 11 is 1.80. The van der Waals surface area contributed by atoms with Crippen molar-refractivity contribution in [1.29, 1.82) is 0 Å². The summed E-state index contributed by atoms with van der Waals surface area (Å²) in [5, 5.41) is 8.57. The Hall–Kier alpha value is -2.73. The van der Waals surface area contributed by atoms with Gasteiger partial charge in [-0.2, -0.15) is 0 Å². The van der Waals surface area contributed by atoms with E-state index in [0.717, 1.165) is 36.5 Å². The minimum Gasteiger partial charge on any atom is -0.369 e. The van der Waals surface area contributed by atoms with E-state index in [-0.39, 0.29) is 0 Å². The number of fused-ring (bicyclic) bond motifs is 3. The van der Waals surface area contributed by atoms with Gasteiger partial charge in [0.25, 0.3) is 0 Å². The van der Waals surface area contributed by atoms with Crippen LogP contribution in [-0.2, 0) is 19.3 Å². The van der Waals surface area contributed by atoms with E-state index in [1.165, 1.54) is 34.2 Å². The van der Waals surface area contributed by atoms with E-state index in [0.29, 0.717) is 11.6 Å². The number of rotatable bonds is 5. The van der Waals surface area contributed by atoms with Gasteiger partial charge in [-0.25, -0.2) is 9.97 Å². The molecule has 0 bridgehead atoms. The second-order valence-electron chi connectivity index (χ2n) is 6.83. The summed E-state index contributed by atoms with van der Waals surface area (Å²) < 4.78 is 5.30. The highest BCUT2D eigenvalue weighted by molar-refractivity contribution is 7.19. The van der Waals surface area contributed by atoms with Crippen LogP contribution in [0.25, 0.3) is 21.8 Å². The normalized spacial score (nSPS) is 13.6. The van der Waals surface area contributed by atoms with Gasteiger partial charge in [0.15, 0.2) is 0 Å². The minimum absolute atomic E-state index is 0.598. The van der Waals surface area contributed by atoms with E-state index in [9.17, 15) is 0 Å². The molecule has 0 spiro atoms. The molecule has 0 fully saturated rings. The molecule has 136 valence electrons. The van der Waals surface area contributed by atoms with Gasteiger partial charge < -0.3 is 9.84 Å². The van der Waals surface area contributed by atoms with E-state index in [1.54, 1.807) is 17.5 Å². The number of aryl methyl sites for hydroxylation is 2. The molecule has 6 heteroatoms. The summed E-state index contributed by atoms with van der Waals surface area (Å²) in [4.78, 5) is 12.1. The minimum atomic E-state index is 0.598. The van der Waals surface area contributed by atoms with Crippen molar-refractivity contribution in [1.82, 2.24) is 15.1 Å². The van der Waals surface area contributed by atoms with Gasteiger partial charge in [-0.1, -0.05) is 35.5 Å². The SMILES string of the molecule is c1ccc(CCNc2nc(-c3ccno3)nc3sc4c(c23)CCCC4)cc1. The summed E-state index contributed by atoms with van der Waals surface area (Å²) in [5.41, 5.74) is 2.76. The van der Waals surface area contributed by atoms with Gasteiger partial charge in [-0.15, -0.1) is 11.3 Å². The average Bonchev–Trinajstić information content (AvgIpc) is 3.36. The maximum Gasteiger partial charge on any atom is 0.204 e. The standard InChI is InChI=1S/C21H20N4OS/c1-2-6-14(7-3-1)10-12-22-20-18-15-8-4-5-9-17(15)27-21(18)25-19(24-20)16-11-13-23-26-16/h1-3,6-7,11,13H,4-5,8-10,12H2,(H,22,24,25). The highest BCUT2D eigenvalue weighted by Gasteiger charge is 2.22. The number of hydrogen-bond donors (Lipinski definition) is 1. The molecule has 3 heterocycles. The Morgan fingerprint density at radius 3 is 2.78 bits per heavy atom. The number of aromatic nitrogens is 3. The first-order valence-corrected chi connectivity index (χ1v) is 10.2. The maximum absolute atomic E-state index is 5.30. The molecular formula is C21H20N4OS. The third-order valence-electron chi connectivity index (χ3n) is 5.02. The molecule has 0 saturated heterocycles. The Morgan fingerprint density at radius 2 is 1.93 bits per heavy atom. The van der Waals surface area contributed by atoms with Gasteiger partial charge in [0, 0.05) is 17.5 Å². The molecule has 0 amide bonds. The summed E-state index contributed by atoms with van der Waals surface area (Å²) in [6.45, 7) is 0.830. The summed E-state index contributed by atoms with van der Waals surface area (Å²) in [5.74, 6) is 2.12. The van der Waals surface area contributed by atoms with Crippen LogP contribution in [0, 0.1) is 0 Å². The van der Waals surface area contributed by atoms with Crippen LogP contribution in [0.4, 0.5) is 5.82 Å². The Labute approximate surface area is 161 Å². The summed E-state index contributed by atoms with van der Waals surface area (Å²) in [7, 11) is 0. The molecule has 0 saturated carbocycles. The van der Waals surface area contributed by atoms with E-state index in [1.807, 2.05) is 12.1 Å². The van der Waals surface area contributed by atoms with Crippen LogP contribution >= 0.6 is 11.3 Å². The first-order chi connectivity index (χ1) is 13.4.